The monoisotopic (exact) mass is 366 g/mol. The minimum Gasteiger partial charge on any atom is -0.376 e. The lowest BCUT2D eigenvalue weighted by Crippen LogP contribution is -2.31. The molecule has 142 valence electrons. The number of aromatic nitrogens is 2. The third kappa shape index (κ3) is 4.27. The van der Waals surface area contributed by atoms with Gasteiger partial charge in [-0.2, -0.15) is 0 Å². The average molecular weight is 366 g/mol. The van der Waals surface area contributed by atoms with E-state index in [4.69, 9.17) is 9.72 Å². The number of amides is 1. The van der Waals surface area contributed by atoms with Crippen LogP contribution in [0, 0.1) is 6.92 Å². The summed E-state index contributed by atoms with van der Waals surface area (Å²) in [6.45, 7) is 5.41. The first-order chi connectivity index (χ1) is 13.2. The predicted molar refractivity (Wildman–Crippen MR) is 105 cm³/mol. The average Bonchev–Trinajstić information content (AvgIpc) is 3.39. The van der Waals surface area contributed by atoms with Gasteiger partial charge in [-0.3, -0.25) is 4.79 Å². The van der Waals surface area contributed by atoms with Gasteiger partial charge >= 0.3 is 0 Å². The lowest BCUT2D eigenvalue weighted by atomic mass is 10.1. The van der Waals surface area contributed by atoms with Gasteiger partial charge in [-0.05, 0) is 50.8 Å². The summed E-state index contributed by atoms with van der Waals surface area (Å²) in [7, 11) is 0. The van der Waals surface area contributed by atoms with E-state index >= 15 is 0 Å². The summed E-state index contributed by atoms with van der Waals surface area (Å²) in [5.74, 6) is 0.745. The molecule has 0 spiro atoms. The Balaban J connectivity index is 1.46. The van der Waals surface area contributed by atoms with Crippen LogP contribution in [0.4, 0.5) is 5.95 Å². The molecule has 1 N–H and O–H groups in total. The van der Waals surface area contributed by atoms with Crippen LogP contribution in [0.1, 0.15) is 41.7 Å². The van der Waals surface area contributed by atoms with Crippen LogP contribution in [0.2, 0.25) is 0 Å². The molecule has 2 aliphatic rings. The number of hydrogen-bond donors (Lipinski definition) is 1. The minimum atomic E-state index is -0.0614. The fraction of sp³-hybridized carbons (Fsp3) is 0.476. The lowest BCUT2D eigenvalue weighted by Gasteiger charge is -2.16. The van der Waals surface area contributed by atoms with Crippen LogP contribution in [0.5, 0.6) is 0 Å². The van der Waals surface area contributed by atoms with Crippen molar-refractivity contribution in [2.24, 2.45) is 0 Å². The quantitative estimate of drug-likeness (QED) is 0.881. The third-order valence-corrected chi connectivity index (χ3v) is 5.19. The molecular weight excluding hydrogens is 340 g/mol. The summed E-state index contributed by atoms with van der Waals surface area (Å²) in [4.78, 5) is 23.9. The molecule has 1 atom stereocenters. The van der Waals surface area contributed by atoms with Crippen molar-refractivity contribution in [1.82, 2.24) is 15.3 Å². The van der Waals surface area contributed by atoms with Gasteiger partial charge in [0.05, 0.1) is 11.8 Å². The lowest BCUT2D eigenvalue weighted by molar-refractivity contribution is 0.0858. The van der Waals surface area contributed by atoms with Gasteiger partial charge in [-0.15, -0.1) is 0 Å². The van der Waals surface area contributed by atoms with E-state index in [1.165, 1.54) is 12.8 Å². The topological polar surface area (TPSA) is 67.3 Å². The molecule has 6 heteroatoms. The molecule has 0 aliphatic carbocycles. The summed E-state index contributed by atoms with van der Waals surface area (Å²) in [6, 6.07) is 9.61. The largest absolute Gasteiger partial charge is 0.376 e. The van der Waals surface area contributed by atoms with Crippen molar-refractivity contribution in [2.75, 3.05) is 31.1 Å². The Morgan fingerprint density at radius 3 is 2.67 bits per heavy atom. The second-order valence-corrected chi connectivity index (χ2v) is 7.31. The number of carbonyl (C=O) groups is 1. The zero-order valence-corrected chi connectivity index (χ0v) is 15.8. The maximum atomic E-state index is 12.3. The number of rotatable bonds is 5. The van der Waals surface area contributed by atoms with Crippen LogP contribution in [0.15, 0.2) is 30.3 Å². The van der Waals surface area contributed by atoms with Gasteiger partial charge in [-0.25, -0.2) is 9.97 Å². The first-order valence-electron chi connectivity index (χ1n) is 9.80. The van der Waals surface area contributed by atoms with Gasteiger partial charge in [0.15, 0.2) is 0 Å². The molecule has 4 rings (SSSR count). The van der Waals surface area contributed by atoms with Gasteiger partial charge < -0.3 is 15.0 Å². The van der Waals surface area contributed by atoms with Crippen molar-refractivity contribution in [3.8, 4) is 11.3 Å². The molecule has 1 aromatic heterocycles. The number of nitrogens with zero attached hydrogens (tertiary/aromatic N) is 3. The standard InChI is InChI=1S/C21H26N4O2/c1-15-13-19(24-21(23-15)25-10-2-3-11-25)16-6-8-17(9-7-16)20(26)22-14-18-5-4-12-27-18/h6-9,13,18H,2-5,10-12,14H2,1H3,(H,22,26)/t18-/m0/s1. The molecule has 2 fully saturated rings. The number of anilines is 1. The van der Waals surface area contributed by atoms with Crippen LogP contribution in [0.3, 0.4) is 0 Å². The highest BCUT2D eigenvalue weighted by Crippen LogP contribution is 2.23. The van der Waals surface area contributed by atoms with Crippen molar-refractivity contribution in [3.05, 3.63) is 41.6 Å². The Morgan fingerprint density at radius 1 is 1.19 bits per heavy atom. The fourth-order valence-corrected chi connectivity index (χ4v) is 3.67. The second kappa shape index (κ2) is 8.05. The van der Waals surface area contributed by atoms with Crippen LogP contribution in [-0.4, -0.2) is 48.2 Å². The Bertz CT molecular complexity index is 794. The Labute approximate surface area is 160 Å². The zero-order chi connectivity index (χ0) is 18.6. The summed E-state index contributed by atoms with van der Waals surface area (Å²) in [5.41, 5.74) is 3.51. The van der Waals surface area contributed by atoms with E-state index in [2.05, 4.69) is 15.2 Å². The molecule has 6 nitrogen and oxygen atoms in total. The van der Waals surface area contributed by atoms with E-state index in [0.717, 1.165) is 55.4 Å². The van der Waals surface area contributed by atoms with Crippen molar-refractivity contribution < 1.29 is 9.53 Å². The molecule has 1 aromatic carbocycles. The molecule has 0 unspecified atom stereocenters. The van der Waals surface area contributed by atoms with Crippen molar-refractivity contribution in [2.45, 2.75) is 38.7 Å². The predicted octanol–water partition coefficient (Wildman–Crippen LogP) is 2.96. The molecule has 2 saturated heterocycles. The van der Waals surface area contributed by atoms with E-state index in [-0.39, 0.29) is 12.0 Å². The first kappa shape index (κ1) is 17.9. The van der Waals surface area contributed by atoms with E-state index in [1.54, 1.807) is 0 Å². The first-order valence-corrected chi connectivity index (χ1v) is 9.80. The maximum Gasteiger partial charge on any atom is 0.251 e. The zero-order valence-electron chi connectivity index (χ0n) is 15.8. The maximum absolute atomic E-state index is 12.3. The third-order valence-electron chi connectivity index (χ3n) is 5.19. The number of benzene rings is 1. The molecule has 1 amide bonds. The van der Waals surface area contributed by atoms with Crippen molar-refractivity contribution in [1.29, 1.82) is 0 Å². The molecule has 2 aliphatic heterocycles. The summed E-state index contributed by atoms with van der Waals surface area (Å²) in [5, 5.41) is 2.96. The second-order valence-electron chi connectivity index (χ2n) is 7.31. The molecule has 27 heavy (non-hydrogen) atoms. The number of nitrogens with one attached hydrogen (secondary N) is 1. The normalized spacial score (nSPS) is 19.4. The molecular formula is C21H26N4O2. The van der Waals surface area contributed by atoms with Crippen LogP contribution in [0.25, 0.3) is 11.3 Å². The Hall–Kier alpha value is -2.47. The van der Waals surface area contributed by atoms with E-state index in [1.807, 2.05) is 37.3 Å². The molecule has 3 heterocycles. The highest BCUT2D eigenvalue weighted by molar-refractivity contribution is 5.94. The van der Waals surface area contributed by atoms with Crippen LogP contribution in [-0.2, 0) is 4.74 Å². The van der Waals surface area contributed by atoms with Crippen molar-refractivity contribution in [3.63, 3.8) is 0 Å². The van der Waals surface area contributed by atoms with Gasteiger partial charge in [0.1, 0.15) is 0 Å². The molecule has 0 bridgehead atoms. The SMILES string of the molecule is Cc1cc(-c2ccc(C(=O)NC[C@@H]3CCCO3)cc2)nc(N2CCCC2)n1. The van der Waals surface area contributed by atoms with Crippen molar-refractivity contribution >= 4 is 11.9 Å². The molecule has 0 saturated carbocycles. The summed E-state index contributed by atoms with van der Waals surface area (Å²) in [6.07, 6.45) is 4.64. The highest BCUT2D eigenvalue weighted by atomic mass is 16.5. The summed E-state index contributed by atoms with van der Waals surface area (Å²) < 4.78 is 5.55. The fourth-order valence-electron chi connectivity index (χ4n) is 3.67. The number of aryl methyl sites for hydroxylation is 1. The number of carbonyl (C=O) groups excluding carboxylic acids is 1. The van der Waals surface area contributed by atoms with Gasteiger partial charge in [0, 0.05) is 43.1 Å². The Morgan fingerprint density at radius 2 is 1.96 bits per heavy atom. The van der Waals surface area contributed by atoms with Gasteiger partial charge in [0.2, 0.25) is 5.95 Å². The smallest absolute Gasteiger partial charge is 0.251 e. The minimum absolute atomic E-state index is 0.0614. The van der Waals surface area contributed by atoms with Gasteiger partial charge in [0.25, 0.3) is 5.91 Å². The van der Waals surface area contributed by atoms with Gasteiger partial charge in [-0.1, -0.05) is 12.1 Å². The van der Waals surface area contributed by atoms with E-state index in [9.17, 15) is 4.79 Å². The number of ether oxygens (including phenoxy) is 1. The molecule has 0 radical (unpaired) electrons. The Kier molecular flexibility index (Phi) is 5.34. The van der Waals surface area contributed by atoms with E-state index in [0.29, 0.717) is 12.1 Å². The van der Waals surface area contributed by atoms with Crippen LogP contribution >= 0.6 is 0 Å². The number of hydrogen-bond acceptors (Lipinski definition) is 5. The summed E-state index contributed by atoms with van der Waals surface area (Å²) >= 11 is 0. The van der Waals surface area contributed by atoms with E-state index < -0.39 is 0 Å². The van der Waals surface area contributed by atoms with Crippen LogP contribution < -0.4 is 10.2 Å². The molecule has 2 aromatic rings. The highest BCUT2D eigenvalue weighted by Gasteiger charge is 2.18.